The molecule has 0 bridgehead atoms. The Kier molecular flexibility index (Phi) is 11.6. The van der Waals surface area contributed by atoms with Gasteiger partial charge in [0.1, 0.15) is 0 Å². The minimum Gasteiger partial charge on any atom is -0.0991 e. The highest BCUT2D eigenvalue weighted by Crippen LogP contribution is 2.35. The zero-order chi connectivity index (χ0) is 22.3. The quantitative estimate of drug-likeness (QED) is 0.280. The standard InChI is InChI=1S/C24H25S.C4H6.C2H6/c1-4-10-20(11-5-1)21-16-18-24(19-17-21)25(22-12-6-2-7-13-22)23-14-8-3-9-15-23;1-3-4-2;1-2/h2-3,6-9,12-20H,1,4-5,10-11H2;3-4H,1-2H2;1-2H3/q+1;;. The molecule has 1 aliphatic rings. The van der Waals surface area contributed by atoms with Crippen LogP contribution < -0.4 is 0 Å². The van der Waals surface area contributed by atoms with Crippen LogP contribution in [0, 0.1) is 0 Å². The molecular formula is C30H37S+. The Bertz CT molecular complexity index is 814. The number of benzene rings is 3. The van der Waals surface area contributed by atoms with E-state index in [0.717, 1.165) is 5.92 Å². The summed E-state index contributed by atoms with van der Waals surface area (Å²) in [5, 5.41) is 0. The van der Waals surface area contributed by atoms with Gasteiger partial charge >= 0.3 is 0 Å². The Hall–Kier alpha value is -2.51. The predicted molar refractivity (Wildman–Crippen MR) is 139 cm³/mol. The lowest BCUT2D eigenvalue weighted by Gasteiger charge is -2.22. The average Bonchev–Trinajstić information content (AvgIpc) is 2.88. The van der Waals surface area contributed by atoms with Crippen LogP contribution >= 0.6 is 0 Å². The molecule has 0 aliphatic heterocycles. The van der Waals surface area contributed by atoms with Gasteiger partial charge in [-0.3, -0.25) is 0 Å². The summed E-state index contributed by atoms with van der Waals surface area (Å²) in [7, 11) is -0.0278. The number of rotatable bonds is 5. The van der Waals surface area contributed by atoms with Crippen LogP contribution in [0.1, 0.15) is 57.4 Å². The van der Waals surface area contributed by atoms with Gasteiger partial charge in [-0.1, -0.05) is 107 Å². The first kappa shape index (κ1) is 24.8. The maximum Gasteiger partial charge on any atom is 0.166 e. The second-order valence-electron chi connectivity index (χ2n) is 7.31. The Morgan fingerprint density at radius 2 is 1.03 bits per heavy atom. The van der Waals surface area contributed by atoms with Gasteiger partial charge in [0, 0.05) is 0 Å². The second-order valence-corrected chi connectivity index (χ2v) is 9.33. The third-order valence-corrected chi connectivity index (χ3v) is 7.55. The van der Waals surface area contributed by atoms with E-state index in [1.54, 1.807) is 12.2 Å². The number of allylic oxidation sites excluding steroid dienone is 2. The van der Waals surface area contributed by atoms with Crippen molar-refractivity contribution in [2.24, 2.45) is 0 Å². The normalized spacial score (nSPS) is 13.3. The van der Waals surface area contributed by atoms with E-state index in [2.05, 4.69) is 98.1 Å². The average molecular weight is 430 g/mol. The van der Waals surface area contributed by atoms with Gasteiger partial charge in [-0.15, -0.1) is 0 Å². The molecule has 4 rings (SSSR count). The summed E-state index contributed by atoms with van der Waals surface area (Å²) < 4.78 is 0. The predicted octanol–water partition coefficient (Wildman–Crippen LogP) is 9.21. The highest BCUT2D eigenvalue weighted by Gasteiger charge is 2.28. The maximum absolute atomic E-state index is 3.36. The molecule has 0 radical (unpaired) electrons. The molecule has 0 heterocycles. The van der Waals surface area contributed by atoms with Crippen LogP contribution in [0.4, 0.5) is 0 Å². The summed E-state index contributed by atoms with van der Waals surface area (Å²) in [6, 6.07) is 31.3. The molecule has 3 aromatic rings. The molecule has 0 amide bonds. The topological polar surface area (TPSA) is 0 Å². The molecule has 0 nitrogen and oxygen atoms in total. The minimum absolute atomic E-state index is 0.0278. The van der Waals surface area contributed by atoms with Crippen molar-refractivity contribution in [3.8, 4) is 0 Å². The molecule has 0 saturated heterocycles. The molecule has 1 heteroatoms. The Morgan fingerprint density at radius 1 is 0.613 bits per heavy atom. The molecule has 0 atom stereocenters. The molecule has 0 spiro atoms. The fourth-order valence-corrected chi connectivity index (χ4v) is 5.92. The van der Waals surface area contributed by atoms with Crippen LogP contribution in [0.5, 0.6) is 0 Å². The van der Waals surface area contributed by atoms with E-state index in [9.17, 15) is 0 Å². The fraction of sp³-hybridized carbons (Fsp3) is 0.267. The van der Waals surface area contributed by atoms with Crippen LogP contribution in [-0.4, -0.2) is 0 Å². The van der Waals surface area contributed by atoms with E-state index in [1.165, 1.54) is 52.4 Å². The third kappa shape index (κ3) is 7.60. The molecule has 3 aromatic carbocycles. The molecule has 31 heavy (non-hydrogen) atoms. The first-order chi connectivity index (χ1) is 15.3. The number of hydrogen-bond acceptors (Lipinski definition) is 0. The Labute approximate surface area is 193 Å². The lowest BCUT2D eigenvalue weighted by Crippen LogP contribution is -2.07. The SMILES string of the molecule is C=CC=C.CC.c1ccc([S+](c2ccccc2)c2ccc(C3CCCCC3)cc2)cc1. The summed E-state index contributed by atoms with van der Waals surface area (Å²) in [6.07, 6.45) is 10.2. The highest BCUT2D eigenvalue weighted by molar-refractivity contribution is 7.97. The van der Waals surface area contributed by atoms with Crippen molar-refractivity contribution in [1.82, 2.24) is 0 Å². The molecule has 1 fully saturated rings. The van der Waals surface area contributed by atoms with Crippen molar-refractivity contribution in [3.05, 3.63) is 116 Å². The van der Waals surface area contributed by atoms with Crippen molar-refractivity contribution in [2.45, 2.75) is 66.6 Å². The van der Waals surface area contributed by atoms with E-state index in [1.807, 2.05) is 13.8 Å². The summed E-state index contributed by atoms with van der Waals surface area (Å²) >= 11 is 0. The Morgan fingerprint density at radius 3 is 1.45 bits per heavy atom. The first-order valence-corrected chi connectivity index (χ1v) is 12.7. The van der Waals surface area contributed by atoms with Gasteiger partial charge in [-0.2, -0.15) is 0 Å². The lowest BCUT2D eigenvalue weighted by atomic mass is 9.84. The molecule has 162 valence electrons. The van der Waals surface area contributed by atoms with E-state index in [0.29, 0.717) is 0 Å². The summed E-state index contributed by atoms with van der Waals surface area (Å²) in [5.74, 6) is 0.776. The van der Waals surface area contributed by atoms with Crippen molar-refractivity contribution in [3.63, 3.8) is 0 Å². The van der Waals surface area contributed by atoms with E-state index < -0.39 is 0 Å². The monoisotopic (exact) mass is 429 g/mol. The maximum atomic E-state index is 3.36. The van der Waals surface area contributed by atoms with Gasteiger partial charge in [-0.05, 0) is 60.7 Å². The highest BCUT2D eigenvalue weighted by atomic mass is 32.2. The summed E-state index contributed by atoms with van der Waals surface area (Å²) in [5.41, 5.74) is 1.54. The minimum atomic E-state index is -0.0278. The van der Waals surface area contributed by atoms with Crippen molar-refractivity contribution in [2.75, 3.05) is 0 Å². The molecular weight excluding hydrogens is 392 g/mol. The second kappa shape index (κ2) is 14.5. The molecule has 0 unspecified atom stereocenters. The fourth-order valence-electron chi connectivity index (χ4n) is 3.83. The van der Waals surface area contributed by atoms with Crippen LogP contribution in [0.25, 0.3) is 0 Å². The molecule has 0 aromatic heterocycles. The number of hydrogen-bond donors (Lipinski definition) is 0. The molecule has 1 aliphatic carbocycles. The van der Waals surface area contributed by atoms with E-state index >= 15 is 0 Å². The molecule has 1 saturated carbocycles. The molecule has 0 N–H and O–H groups in total. The smallest absolute Gasteiger partial charge is 0.0991 e. The van der Waals surface area contributed by atoms with E-state index in [-0.39, 0.29) is 10.9 Å². The van der Waals surface area contributed by atoms with Crippen LogP contribution in [0.3, 0.4) is 0 Å². The van der Waals surface area contributed by atoms with Crippen molar-refractivity contribution >= 4 is 10.9 Å². The zero-order valence-corrected chi connectivity index (χ0v) is 20.0. The van der Waals surface area contributed by atoms with Crippen LogP contribution in [0.15, 0.2) is 125 Å². The van der Waals surface area contributed by atoms with Gasteiger partial charge in [0.2, 0.25) is 0 Å². The van der Waals surface area contributed by atoms with E-state index in [4.69, 9.17) is 0 Å². The van der Waals surface area contributed by atoms with Gasteiger partial charge in [-0.25, -0.2) is 0 Å². The van der Waals surface area contributed by atoms with Gasteiger partial charge < -0.3 is 0 Å². The van der Waals surface area contributed by atoms with Crippen LogP contribution in [0.2, 0.25) is 0 Å². The van der Waals surface area contributed by atoms with Gasteiger partial charge in [0.25, 0.3) is 0 Å². The Balaban J connectivity index is 0.000000513. The largest absolute Gasteiger partial charge is 0.166 e. The lowest BCUT2D eigenvalue weighted by molar-refractivity contribution is 0.443. The van der Waals surface area contributed by atoms with Crippen molar-refractivity contribution in [1.29, 1.82) is 0 Å². The summed E-state index contributed by atoms with van der Waals surface area (Å²) in [6.45, 7) is 10.7. The van der Waals surface area contributed by atoms with Crippen molar-refractivity contribution < 1.29 is 0 Å². The van der Waals surface area contributed by atoms with Gasteiger partial charge in [0.05, 0.1) is 10.9 Å². The van der Waals surface area contributed by atoms with Gasteiger partial charge in [0.15, 0.2) is 14.7 Å². The van der Waals surface area contributed by atoms with Crippen LogP contribution in [-0.2, 0) is 10.9 Å². The first-order valence-electron chi connectivity index (χ1n) is 11.5. The third-order valence-electron chi connectivity index (χ3n) is 5.32. The zero-order valence-electron chi connectivity index (χ0n) is 19.2. The summed E-state index contributed by atoms with van der Waals surface area (Å²) in [4.78, 5) is 4.19.